The quantitative estimate of drug-likeness (QED) is 0.638. The Kier molecular flexibility index (Phi) is 7.11. The standard InChI is InChI=1S/C22H30F3N3O5/c1-21(2,3)27-12-5-6-15(13(11-12)20(31)32-4)28-10-9-14(19(28)30)26-18(29)16-7-8-17(33-16)22(23,24)25/h7-8,12-15,27H,5-6,9-11H2,1-4H3,(H,26,29)/t12-,13-,14?,15+/m1/s1. The molecule has 1 saturated carbocycles. The third-order valence-electron chi connectivity index (χ3n) is 6.01. The molecule has 8 nitrogen and oxygen atoms in total. The van der Waals surface area contributed by atoms with Gasteiger partial charge in [-0.25, -0.2) is 0 Å². The van der Waals surface area contributed by atoms with Crippen molar-refractivity contribution in [3.8, 4) is 0 Å². The molecule has 1 unspecified atom stereocenters. The number of nitrogens with zero attached hydrogens (tertiary/aromatic N) is 1. The number of likely N-dealkylation sites (tertiary alicyclic amines) is 1. The first kappa shape index (κ1) is 25.1. The highest BCUT2D eigenvalue weighted by molar-refractivity contribution is 5.96. The number of alkyl halides is 3. The Balaban J connectivity index is 1.67. The average molecular weight is 473 g/mol. The summed E-state index contributed by atoms with van der Waals surface area (Å²) in [5.41, 5.74) is -0.130. The number of carbonyl (C=O) groups is 3. The van der Waals surface area contributed by atoms with Crippen molar-refractivity contribution in [3.63, 3.8) is 0 Å². The maximum Gasteiger partial charge on any atom is 0.449 e. The molecule has 0 aromatic carbocycles. The third kappa shape index (κ3) is 5.87. The van der Waals surface area contributed by atoms with Crippen LogP contribution in [0.2, 0.25) is 0 Å². The molecule has 4 atom stereocenters. The van der Waals surface area contributed by atoms with Crippen LogP contribution in [0.3, 0.4) is 0 Å². The molecular formula is C22H30F3N3O5. The fourth-order valence-electron chi connectivity index (χ4n) is 4.68. The molecule has 1 saturated heterocycles. The van der Waals surface area contributed by atoms with Crippen LogP contribution in [-0.4, -0.2) is 60.0 Å². The fourth-order valence-corrected chi connectivity index (χ4v) is 4.68. The Morgan fingerprint density at radius 1 is 1.15 bits per heavy atom. The largest absolute Gasteiger partial charge is 0.469 e. The summed E-state index contributed by atoms with van der Waals surface area (Å²) in [6, 6.07) is 0.417. The number of furan rings is 1. The van der Waals surface area contributed by atoms with E-state index in [1.165, 1.54) is 7.11 Å². The predicted octanol–water partition coefficient (Wildman–Crippen LogP) is 2.73. The van der Waals surface area contributed by atoms with E-state index >= 15 is 0 Å². The summed E-state index contributed by atoms with van der Waals surface area (Å²) < 4.78 is 47.7. The van der Waals surface area contributed by atoms with Crippen molar-refractivity contribution in [1.29, 1.82) is 0 Å². The number of hydrogen-bond acceptors (Lipinski definition) is 6. The van der Waals surface area contributed by atoms with Gasteiger partial charge in [0.25, 0.3) is 5.91 Å². The molecule has 3 rings (SSSR count). The van der Waals surface area contributed by atoms with Gasteiger partial charge in [-0.2, -0.15) is 13.2 Å². The van der Waals surface area contributed by atoms with E-state index in [4.69, 9.17) is 4.74 Å². The number of hydrogen-bond donors (Lipinski definition) is 2. The van der Waals surface area contributed by atoms with E-state index in [1.807, 2.05) is 20.8 Å². The van der Waals surface area contributed by atoms with Gasteiger partial charge in [-0.05, 0) is 58.6 Å². The van der Waals surface area contributed by atoms with Gasteiger partial charge >= 0.3 is 12.1 Å². The lowest BCUT2D eigenvalue weighted by Gasteiger charge is -2.41. The summed E-state index contributed by atoms with van der Waals surface area (Å²) >= 11 is 0. The SMILES string of the molecule is COC(=O)[C@@H]1C[C@H](NC(C)(C)C)CC[C@@H]1N1CCC(NC(=O)c2ccc(C(F)(F)F)o2)C1=O. The summed E-state index contributed by atoms with van der Waals surface area (Å²) in [4.78, 5) is 39.5. The van der Waals surface area contributed by atoms with Crippen molar-refractivity contribution in [3.05, 3.63) is 23.7 Å². The van der Waals surface area contributed by atoms with E-state index < -0.39 is 41.5 Å². The van der Waals surface area contributed by atoms with Crippen LogP contribution in [0.1, 0.15) is 62.8 Å². The van der Waals surface area contributed by atoms with Gasteiger partial charge in [-0.1, -0.05) is 0 Å². The monoisotopic (exact) mass is 473 g/mol. The maximum atomic E-state index is 13.0. The molecule has 33 heavy (non-hydrogen) atoms. The minimum atomic E-state index is -4.71. The molecule has 2 N–H and O–H groups in total. The lowest BCUT2D eigenvalue weighted by molar-refractivity contribution is -0.153. The van der Waals surface area contributed by atoms with Gasteiger partial charge in [-0.3, -0.25) is 14.4 Å². The summed E-state index contributed by atoms with van der Waals surface area (Å²) in [5, 5.41) is 5.95. The van der Waals surface area contributed by atoms with Crippen LogP contribution in [0.5, 0.6) is 0 Å². The van der Waals surface area contributed by atoms with Crippen molar-refractivity contribution >= 4 is 17.8 Å². The fraction of sp³-hybridized carbons (Fsp3) is 0.682. The first-order valence-electron chi connectivity index (χ1n) is 10.9. The van der Waals surface area contributed by atoms with Gasteiger partial charge in [0.1, 0.15) is 6.04 Å². The first-order valence-corrected chi connectivity index (χ1v) is 10.9. The first-order chi connectivity index (χ1) is 15.3. The molecule has 0 spiro atoms. The van der Waals surface area contributed by atoms with E-state index in [2.05, 4.69) is 15.1 Å². The molecule has 0 radical (unpaired) electrons. The normalized spacial score (nSPS) is 26.4. The van der Waals surface area contributed by atoms with Crippen molar-refractivity contribution in [1.82, 2.24) is 15.5 Å². The summed E-state index contributed by atoms with van der Waals surface area (Å²) in [5.74, 6) is -3.97. The topological polar surface area (TPSA) is 101 Å². The maximum absolute atomic E-state index is 13.0. The van der Waals surface area contributed by atoms with Crippen LogP contribution < -0.4 is 10.6 Å². The van der Waals surface area contributed by atoms with Crippen LogP contribution in [0.15, 0.2) is 16.5 Å². The van der Waals surface area contributed by atoms with E-state index in [9.17, 15) is 27.6 Å². The van der Waals surface area contributed by atoms with Crippen LogP contribution >= 0.6 is 0 Å². The van der Waals surface area contributed by atoms with Gasteiger partial charge in [0.15, 0.2) is 5.76 Å². The number of methoxy groups -OCH3 is 1. The molecule has 2 heterocycles. The zero-order valence-corrected chi connectivity index (χ0v) is 19.1. The summed E-state index contributed by atoms with van der Waals surface area (Å²) in [7, 11) is 1.31. The average Bonchev–Trinajstić information content (AvgIpc) is 3.34. The summed E-state index contributed by atoms with van der Waals surface area (Å²) in [6.07, 6.45) is -2.55. The van der Waals surface area contributed by atoms with Crippen LogP contribution in [0, 0.1) is 5.92 Å². The Morgan fingerprint density at radius 3 is 2.42 bits per heavy atom. The van der Waals surface area contributed by atoms with Crippen molar-refractivity contribution in [2.75, 3.05) is 13.7 Å². The lowest BCUT2D eigenvalue weighted by atomic mass is 9.80. The van der Waals surface area contributed by atoms with E-state index in [0.29, 0.717) is 25.5 Å². The highest BCUT2D eigenvalue weighted by atomic mass is 19.4. The van der Waals surface area contributed by atoms with Crippen LogP contribution in [-0.2, 0) is 20.5 Å². The van der Waals surface area contributed by atoms with E-state index in [-0.39, 0.29) is 30.0 Å². The number of esters is 1. The molecule has 2 amide bonds. The second-order valence-electron chi connectivity index (χ2n) is 9.61. The van der Waals surface area contributed by atoms with Crippen LogP contribution in [0.25, 0.3) is 0 Å². The smallest absolute Gasteiger partial charge is 0.449 e. The van der Waals surface area contributed by atoms with Gasteiger partial charge < -0.3 is 24.7 Å². The van der Waals surface area contributed by atoms with Crippen molar-refractivity contribution in [2.45, 2.75) is 76.3 Å². The van der Waals surface area contributed by atoms with Gasteiger partial charge in [0.05, 0.1) is 13.0 Å². The Labute approximate surface area is 190 Å². The predicted molar refractivity (Wildman–Crippen MR) is 111 cm³/mol. The molecule has 1 aliphatic carbocycles. The molecule has 184 valence electrons. The molecule has 11 heteroatoms. The van der Waals surface area contributed by atoms with E-state index in [0.717, 1.165) is 12.5 Å². The lowest BCUT2D eigenvalue weighted by Crippen LogP contribution is -2.55. The molecule has 2 fully saturated rings. The minimum absolute atomic E-state index is 0.0975. The third-order valence-corrected chi connectivity index (χ3v) is 6.01. The molecule has 1 aromatic rings. The van der Waals surface area contributed by atoms with Crippen molar-refractivity contribution < 1.29 is 36.7 Å². The zero-order valence-electron chi connectivity index (χ0n) is 19.1. The number of amides is 2. The minimum Gasteiger partial charge on any atom is -0.469 e. The molecule has 0 bridgehead atoms. The van der Waals surface area contributed by atoms with Crippen molar-refractivity contribution in [2.24, 2.45) is 5.92 Å². The highest BCUT2D eigenvalue weighted by Crippen LogP contribution is 2.34. The second-order valence-corrected chi connectivity index (χ2v) is 9.61. The van der Waals surface area contributed by atoms with Crippen LogP contribution in [0.4, 0.5) is 13.2 Å². The Bertz CT molecular complexity index is 893. The Morgan fingerprint density at radius 2 is 1.85 bits per heavy atom. The molecule has 1 aliphatic heterocycles. The Hall–Kier alpha value is -2.56. The summed E-state index contributed by atoms with van der Waals surface area (Å²) in [6.45, 7) is 6.45. The molecule has 1 aromatic heterocycles. The van der Waals surface area contributed by atoms with Gasteiger partial charge in [0.2, 0.25) is 11.7 Å². The van der Waals surface area contributed by atoms with Gasteiger partial charge in [0, 0.05) is 24.2 Å². The number of nitrogens with one attached hydrogen (secondary N) is 2. The zero-order chi connectivity index (χ0) is 24.6. The highest BCUT2D eigenvalue weighted by Gasteiger charge is 2.45. The molecular weight excluding hydrogens is 443 g/mol. The number of ether oxygens (including phenoxy) is 1. The second kappa shape index (κ2) is 9.36. The number of carbonyl (C=O) groups excluding carboxylic acids is 3. The molecule has 2 aliphatic rings. The number of halogens is 3. The van der Waals surface area contributed by atoms with Gasteiger partial charge in [-0.15, -0.1) is 0 Å². The number of rotatable bonds is 5. The van der Waals surface area contributed by atoms with E-state index in [1.54, 1.807) is 4.90 Å².